The lowest BCUT2D eigenvalue weighted by atomic mass is 10.1. The largest absolute Gasteiger partial charge is 0.496 e. The Labute approximate surface area is 164 Å². The fourth-order valence-electron chi connectivity index (χ4n) is 2.68. The van der Waals surface area contributed by atoms with E-state index < -0.39 is 11.9 Å². The second kappa shape index (κ2) is 10.2. The van der Waals surface area contributed by atoms with Crippen LogP contribution in [0.5, 0.6) is 17.2 Å². The minimum atomic E-state index is -0.879. The zero-order valence-corrected chi connectivity index (χ0v) is 16.3. The second-order valence-corrected chi connectivity index (χ2v) is 6.06. The normalized spacial score (nSPS) is 10.2. The summed E-state index contributed by atoms with van der Waals surface area (Å²) in [5.74, 6) is -0.00496. The van der Waals surface area contributed by atoms with E-state index in [2.05, 4.69) is 5.32 Å². The van der Waals surface area contributed by atoms with Crippen LogP contribution in [0.1, 0.15) is 35.7 Å². The molecule has 0 atom stereocenters. The van der Waals surface area contributed by atoms with E-state index in [0.717, 1.165) is 12.0 Å². The van der Waals surface area contributed by atoms with Gasteiger partial charge in [0.2, 0.25) is 0 Å². The molecule has 150 valence electrons. The van der Waals surface area contributed by atoms with E-state index in [1.54, 1.807) is 36.4 Å². The Balaban J connectivity index is 2.35. The van der Waals surface area contributed by atoms with Gasteiger partial charge in [-0.05, 0) is 42.7 Å². The van der Waals surface area contributed by atoms with Gasteiger partial charge >= 0.3 is 5.97 Å². The highest BCUT2D eigenvalue weighted by molar-refractivity contribution is 6.08. The minimum Gasteiger partial charge on any atom is -0.496 e. The molecular weight excluding hydrogens is 362 g/mol. The second-order valence-electron chi connectivity index (χ2n) is 6.06. The molecule has 0 radical (unpaired) electrons. The molecular formula is C21H25NO6. The smallest absolute Gasteiger partial charge is 0.303 e. The minimum absolute atomic E-state index is 0.00286. The maximum atomic E-state index is 13.0. The van der Waals surface area contributed by atoms with Crippen molar-refractivity contribution in [3.8, 4) is 17.2 Å². The lowest BCUT2D eigenvalue weighted by Crippen LogP contribution is -2.16. The van der Waals surface area contributed by atoms with Gasteiger partial charge in [-0.2, -0.15) is 0 Å². The van der Waals surface area contributed by atoms with Gasteiger partial charge in [-0.1, -0.05) is 19.1 Å². The van der Waals surface area contributed by atoms with Crippen LogP contribution in [-0.4, -0.2) is 37.8 Å². The number of rotatable bonds is 10. The number of benzene rings is 2. The molecule has 0 unspecified atom stereocenters. The molecule has 2 aromatic rings. The van der Waals surface area contributed by atoms with Crippen molar-refractivity contribution >= 4 is 17.6 Å². The molecule has 7 nitrogen and oxygen atoms in total. The van der Waals surface area contributed by atoms with Crippen LogP contribution in [0.3, 0.4) is 0 Å². The molecule has 0 saturated heterocycles. The molecule has 0 aliphatic carbocycles. The Morgan fingerprint density at radius 1 is 1.04 bits per heavy atom. The van der Waals surface area contributed by atoms with Gasteiger partial charge in [-0.3, -0.25) is 9.59 Å². The molecule has 0 spiro atoms. The highest BCUT2D eigenvalue weighted by Gasteiger charge is 2.20. The monoisotopic (exact) mass is 387 g/mol. The van der Waals surface area contributed by atoms with E-state index in [9.17, 15) is 9.59 Å². The number of aryl methyl sites for hydroxylation is 1. The van der Waals surface area contributed by atoms with Gasteiger partial charge in [0.1, 0.15) is 22.8 Å². The number of amides is 1. The van der Waals surface area contributed by atoms with Crippen molar-refractivity contribution in [1.29, 1.82) is 0 Å². The summed E-state index contributed by atoms with van der Waals surface area (Å²) in [4.78, 5) is 23.8. The Kier molecular flexibility index (Phi) is 7.68. The molecule has 0 saturated carbocycles. The number of carbonyl (C=O) groups is 2. The number of carboxylic acid groups (broad SMARTS) is 1. The van der Waals surface area contributed by atoms with E-state index in [4.69, 9.17) is 19.3 Å². The van der Waals surface area contributed by atoms with E-state index in [-0.39, 0.29) is 12.0 Å². The highest BCUT2D eigenvalue weighted by atomic mass is 16.5. The summed E-state index contributed by atoms with van der Waals surface area (Å²) < 4.78 is 16.3. The molecule has 28 heavy (non-hydrogen) atoms. The SMILES string of the molecule is CCCOc1ccc(CCC(=O)O)cc1NC(=O)c1c(OC)cccc1OC. The van der Waals surface area contributed by atoms with Crippen molar-refractivity contribution in [1.82, 2.24) is 0 Å². The molecule has 0 aliphatic rings. The number of aliphatic carboxylic acids is 1. The summed E-state index contributed by atoms with van der Waals surface area (Å²) in [6, 6.07) is 10.4. The van der Waals surface area contributed by atoms with Crippen LogP contribution in [0.25, 0.3) is 0 Å². The standard InChI is InChI=1S/C21H25NO6/c1-4-12-28-16-10-8-14(9-11-19(23)24)13-15(16)22-21(25)20-17(26-2)6-5-7-18(20)27-3/h5-8,10,13H,4,9,11-12H2,1-3H3,(H,22,25)(H,23,24). The van der Waals surface area contributed by atoms with Crippen LogP contribution in [0.15, 0.2) is 36.4 Å². The van der Waals surface area contributed by atoms with E-state index in [1.165, 1.54) is 14.2 Å². The van der Waals surface area contributed by atoms with Crippen molar-refractivity contribution < 1.29 is 28.9 Å². The average Bonchev–Trinajstić information content (AvgIpc) is 2.70. The first-order chi connectivity index (χ1) is 13.5. The van der Waals surface area contributed by atoms with Crippen LogP contribution in [0.4, 0.5) is 5.69 Å². The zero-order chi connectivity index (χ0) is 20.5. The number of carbonyl (C=O) groups excluding carboxylic acids is 1. The number of nitrogens with one attached hydrogen (secondary N) is 1. The predicted octanol–water partition coefficient (Wildman–Crippen LogP) is 3.76. The molecule has 1 amide bonds. The molecule has 7 heteroatoms. The quantitative estimate of drug-likeness (QED) is 0.645. The Hall–Kier alpha value is -3.22. The van der Waals surface area contributed by atoms with Crippen LogP contribution in [0, 0.1) is 0 Å². The number of anilines is 1. The van der Waals surface area contributed by atoms with Gasteiger partial charge in [0.15, 0.2) is 0 Å². The van der Waals surface area contributed by atoms with Crippen molar-refractivity contribution in [2.75, 3.05) is 26.1 Å². The Morgan fingerprint density at radius 3 is 2.29 bits per heavy atom. The first kappa shape index (κ1) is 21.1. The fraction of sp³-hybridized carbons (Fsp3) is 0.333. The first-order valence-electron chi connectivity index (χ1n) is 9.00. The van der Waals surface area contributed by atoms with E-state index >= 15 is 0 Å². The van der Waals surface area contributed by atoms with Crippen LogP contribution in [-0.2, 0) is 11.2 Å². The van der Waals surface area contributed by atoms with Gasteiger partial charge < -0.3 is 24.6 Å². The number of ether oxygens (including phenoxy) is 3. The number of hydrogen-bond acceptors (Lipinski definition) is 5. The van der Waals surface area contributed by atoms with Gasteiger partial charge in [-0.15, -0.1) is 0 Å². The zero-order valence-electron chi connectivity index (χ0n) is 16.3. The highest BCUT2D eigenvalue weighted by Crippen LogP contribution is 2.32. The third kappa shape index (κ3) is 5.39. The molecule has 0 bridgehead atoms. The van der Waals surface area contributed by atoms with Crippen molar-refractivity contribution in [3.05, 3.63) is 47.5 Å². The number of methoxy groups -OCH3 is 2. The lowest BCUT2D eigenvalue weighted by molar-refractivity contribution is -0.136. The molecule has 2 aromatic carbocycles. The number of hydrogen-bond donors (Lipinski definition) is 2. The molecule has 0 aromatic heterocycles. The van der Waals surface area contributed by atoms with E-state index in [1.807, 2.05) is 6.92 Å². The van der Waals surface area contributed by atoms with Gasteiger partial charge in [0.05, 0.1) is 26.5 Å². The summed E-state index contributed by atoms with van der Waals surface area (Å²) in [5, 5.41) is 11.7. The third-order valence-electron chi connectivity index (χ3n) is 4.04. The topological polar surface area (TPSA) is 94.1 Å². The summed E-state index contributed by atoms with van der Waals surface area (Å²) >= 11 is 0. The maximum Gasteiger partial charge on any atom is 0.303 e. The lowest BCUT2D eigenvalue weighted by Gasteiger charge is -2.16. The Morgan fingerprint density at radius 2 is 1.71 bits per heavy atom. The summed E-state index contributed by atoms with van der Waals surface area (Å²) in [7, 11) is 2.96. The van der Waals surface area contributed by atoms with Crippen molar-refractivity contribution in [3.63, 3.8) is 0 Å². The van der Waals surface area contributed by atoms with Gasteiger partial charge in [0, 0.05) is 6.42 Å². The third-order valence-corrected chi connectivity index (χ3v) is 4.04. The number of carboxylic acids is 1. The molecule has 2 rings (SSSR count). The molecule has 2 N–H and O–H groups in total. The van der Waals surface area contributed by atoms with Crippen molar-refractivity contribution in [2.24, 2.45) is 0 Å². The molecule has 0 fully saturated rings. The maximum absolute atomic E-state index is 13.0. The summed E-state index contributed by atoms with van der Waals surface area (Å²) in [6.07, 6.45) is 1.17. The fourth-order valence-corrected chi connectivity index (χ4v) is 2.68. The van der Waals surface area contributed by atoms with E-state index in [0.29, 0.717) is 36.0 Å². The summed E-state index contributed by atoms with van der Waals surface area (Å²) in [6.45, 7) is 2.48. The predicted molar refractivity (Wildman–Crippen MR) is 106 cm³/mol. The van der Waals surface area contributed by atoms with Crippen LogP contribution < -0.4 is 19.5 Å². The molecule has 0 aliphatic heterocycles. The average molecular weight is 387 g/mol. The van der Waals surface area contributed by atoms with Gasteiger partial charge in [0.25, 0.3) is 5.91 Å². The summed E-state index contributed by atoms with van der Waals surface area (Å²) in [5.41, 5.74) is 1.52. The van der Waals surface area contributed by atoms with Gasteiger partial charge in [-0.25, -0.2) is 0 Å². The van der Waals surface area contributed by atoms with Crippen LogP contribution in [0.2, 0.25) is 0 Å². The van der Waals surface area contributed by atoms with Crippen LogP contribution >= 0.6 is 0 Å². The first-order valence-corrected chi connectivity index (χ1v) is 9.00. The van der Waals surface area contributed by atoms with Crippen molar-refractivity contribution in [2.45, 2.75) is 26.2 Å². The Bertz CT molecular complexity index is 811. The molecule has 0 heterocycles.